The summed E-state index contributed by atoms with van der Waals surface area (Å²) in [5.41, 5.74) is -2.03. The number of nitrogens with one attached hydrogen (secondary N) is 1. The summed E-state index contributed by atoms with van der Waals surface area (Å²) in [6, 6.07) is 6.77. The minimum atomic E-state index is -7.17. The molecule has 1 aromatic carbocycles. The molecule has 208 valence electrons. The van der Waals surface area contributed by atoms with E-state index in [-0.39, 0.29) is 23.2 Å². The molecule has 0 aliphatic heterocycles. The van der Waals surface area contributed by atoms with Crippen LogP contribution in [-0.2, 0) is 10.9 Å². The van der Waals surface area contributed by atoms with E-state index in [4.69, 9.17) is 4.74 Å². The molecule has 3 rings (SSSR count). The molecule has 4 nitrogen and oxygen atoms in total. The molecule has 0 spiro atoms. The van der Waals surface area contributed by atoms with Gasteiger partial charge in [-0.05, 0) is 17.7 Å². The summed E-state index contributed by atoms with van der Waals surface area (Å²) < 4.78 is 164. The van der Waals surface area contributed by atoms with Gasteiger partial charge in [0.2, 0.25) is 0 Å². The zero-order valence-corrected chi connectivity index (χ0v) is 18.4. The number of para-hydroxylation sites is 1. The van der Waals surface area contributed by atoms with Crippen molar-refractivity contribution in [2.75, 3.05) is 6.61 Å². The third kappa shape index (κ3) is 5.38. The molecule has 0 saturated carbocycles. The van der Waals surface area contributed by atoms with Crippen molar-refractivity contribution in [3.05, 3.63) is 65.6 Å². The van der Waals surface area contributed by atoms with Crippen LogP contribution in [0.25, 0.3) is 10.9 Å². The van der Waals surface area contributed by atoms with Gasteiger partial charge in [0.1, 0.15) is 5.69 Å². The summed E-state index contributed by atoms with van der Waals surface area (Å²) in [6.45, 7) is -1.31. The number of carbonyl (C=O) groups is 1. The summed E-state index contributed by atoms with van der Waals surface area (Å²) >= 11 is 0. The summed E-state index contributed by atoms with van der Waals surface area (Å²) in [7, 11) is 0. The van der Waals surface area contributed by atoms with Gasteiger partial charge in [-0.2, -0.15) is 52.7 Å². The van der Waals surface area contributed by atoms with Crippen LogP contribution in [0.15, 0.2) is 48.8 Å². The van der Waals surface area contributed by atoms with Gasteiger partial charge in [-0.15, -0.1) is 0 Å². The molecule has 0 radical (unpaired) electrons. The van der Waals surface area contributed by atoms with Gasteiger partial charge in [0, 0.05) is 35.6 Å². The third-order valence-electron chi connectivity index (χ3n) is 5.49. The highest BCUT2D eigenvalue weighted by Gasteiger charge is 2.81. The predicted octanol–water partition coefficient (Wildman–Crippen LogP) is 7.38. The second-order valence-corrected chi connectivity index (χ2v) is 8.07. The van der Waals surface area contributed by atoms with Gasteiger partial charge in [0.25, 0.3) is 0 Å². The molecule has 0 aliphatic carbocycles. The average molecular weight is 566 g/mol. The number of esters is 1. The lowest BCUT2D eigenvalue weighted by molar-refractivity contribution is -0.397. The highest BCUT2D eigenvalue weighted by Crippen LogP contribution is 2.55. The first-order valence-electron chi connectivity index (χ1n) is 10.3. The van der Waals surface area contributed by atoms with E-state index < -0.39 is 66.3 Å². The number of H-pyrrole nitrogens is 1. The Morgan fingerprint density at radius 1 is 0.868 bits per heavy atom. The number of hydrogen-bond acceptors (Lipinski definition) is 3. The van der Waals surface area contributed by atoms with Crippen LogP contribution in [0.2, 0.25) is 0 Å². The van der Waals surface area contributed by atoms with Gasteiger partial charge in [-0.25, -0.2) is 4.79 Å². The Bertz CT molecular complexity index is 1280. The fourth-order valence-corrected chi connectivity index (χ4v) is 3.43. The minimum absolute atomic E-state index is 0.175. The van der Waals surface area contributed by atoms with E-state index >= 15 is 0 Å². The van der Waals surface area contributed by atoms with Crippen LogP contribution in [0.5, 0.6) is 0 Å². The van der Waals surface area contributed by atoms with E-state index in [1.807, 2.05) is 0 Å². The smallest absolute Gasteiger partial charge is 0.460 e. The van der Waals surface area contributed by atoms with Crippen molar-refractivity contribution in [1.82, 2.24) is 9.97 Å². The maximum absolute atomic E-state index is 14.4. The fraction of sp³-hybridized carbons (Fsp3) is 0.364. The maximum atomic E-state index is 14.4. The summed E-state index contributed by atoms with van der Waals surface area (Å²) in [4.78, 5) is 18.1. The number of alkyl halides is 12. The van der Waals surface area contributed by atoms with Gasteiger partial charge in [0.05, 0.1) is 12.2 Å². The van der Waals surface area contributed by atoms with Crippen molar-refractivity contribution in [1.29, 1.82) is 0 Å². The Morgan fingerprint density at radius 2 is 1.50 bits per heavy atom. The molecular formula is C22H14F12N2O2. The summed E-state index contributed by atoms with van der Waals surface area (Å²) in [5.74, 6) is -23.7. The Labute approximate surface area is 204 Å². The molecule has 3 aromatic rings. The Kier molecular flexibility index (Phi) is 7.42. The van der Waals surface area contributed by atoms with E-state index in [9.17, 15) is 57.5 Å². The molecule has 0 fully saturated rings. The molecule has 2 heterocycles. The Balaban J connectivity index is 1.94. The highest BCUT2D eigenvalue weighted by molar-refractivity contribution is 6.04. The molecule has 0 bridgehead atoms. The van der Waals surface area contributed by atoms with Crippen LogP contribution in [0, 0.1) is 0 Å². The van der Waals surface area contributed by atoms with Crippen molar-refractivity contribution in [2.24, 2.45) is 0 Å². The van der Waals surface area contributed by atoms with Gasteiger partial charge in [-0.1, -0.05) is 24.3 Å². The van der Waals surface area contributed by atoms with Gasteiger partial charge < -0.3 is 9.72 Å². The second kappa shape index (κ2) is 9.69. The van der Waals surface area contributed by atoms with Crippen LogP contribution in [0.1, 0.15) is 34.0 Å². The lowest BCUT2D eigenvalue weighted by Crippen LogP contribution is -2.61. The molecule has 1 atom stereocenters. The lowest BCUT2D eigenvalue weighted by atomic mass is 9.89. The molecule has 0 aliphatic rings. The van der Waals surface area contributed by atoms with Crippen molar-refractivity contribution in [2.45, 2.75) is 42.5 Å². The van der Waals surface area contributed by atoms with E-state index in [1.165, 1.54) is 18.2 Å². The van der Waals surface area contributed by atoms with Crippen LogP contribution in [0.4, 0.5) is 52.7 Å². The maximum Gasteiger partial charge on any atom is 0.460 e. The van der Waals surface area contributed by atoms with E-state index in [0.29, 0.717) is 11.6 Å². The minimum Gasteiger partial charge on any atom is -0.461 e. The average Bonchev–Trinajstić information content (AvgIpc) is 3.24. The zero-order chi connectivity index (χ0) is 28.7. The fourth-order valence-electron chi connectivity index (χ4n) is 3.43. The van der Waals surface area contributed by atoms with Crippen molar-refractivity contribution >= 4 is 16.9 Å². The molecule has 0 saturated heterocycles. The van der Waals surface area contributed by atoms with E-state index in [2.05, 4.69) is 9.97 Å². The number of hydrogen-bond donors (Lipinski definition) is 1. The van der Waals surface area contributed by atoms with Crippen LogP contribution in [-0.4, -0.2) is 46.5 Å². The first-order chi connectivity index (χ1) is 17.3. The topological polar surface area (TPSA) is 55.0 Å². The molecular weight excluding hydrogens is 552 g/mol. The van der Waals surface area contributed by atoms with Gasteiger partial charge in [0.15, 0.2) is 0 Å². The monoisotopic (exact) mass is 566 g/mol. The summed E-state index contributed by atoms with van der Waals surface area (Å²) in [5, 5.41) is 0.270. The number of pyridine rings is 1. The van der Waals surface area contributed by atoms with Gasteiger partial charge >= 0.3 is 36.1 Å². The standard InChI is InChI=1S/C22H14F12N2O2/c23-18(24,20(28,29)21(30,31)22(32,33)34)7-12(11-5-6-16(36-8-11)19(25,26)27)10-38-17(37)14-9-35-15-4-2-1-3-13(14)15/h1-6,8-9,12,35H,7,10H2/t12-/m1/s1. The SMILES string of the molecule is O=C(OC[C@@H](CC(F)(F)C(F)(F)C(F)(F)C(F)(F)F)c1ccc(C(F)(F)F)nc1)c1c[nH]c2ccccc12. The number of aromatic nitrogens is 2. The van der Waals surface area contributed by atoms with Crippen molar-refractivity contribution in [3.63, 3.8) is 0 Å². The Morgan fingerprint density at radius 3 is 2.05 bits per heavy atom. The quantitative estimate of drug-likeness (QED) is 0.229. The van der Waals surface area contributed by atoms with Gasteiger partial charge in [-0.3, -0.25) is 4.98 Å². The number of benzene rings is 1. The molecule has 0 amide bonds. The number of fused-ring (bicyclic) bond motifs is 1. The Hall–Kier alpha value is -3.46. The number of carbonyl (C=O) groups excluding carboxylic acids is 1. The van der Waals surface area contributed by atoms with Crippen LogP contribution >= 0.6 is 0 Å². The number of rotatable bonds is 8. The van der Waals surface area contributed by atoms with E-state index in [0.717, 1.165) is 6.20 Å². The molecule has 2 aromatic heterocycles. The van der Waals surface area contributed by atoms with Crippen molar-refractivity contribution < 1.29 is 62.2 Å². The number of aromatic amines is 1. The first-order valence-corrected chi connectivity index (χ1v) is 10.3. The number of ether oxygens (including phenoxy) is 1. The molecule has 1 N–H and O–H groups in total. The van der Waals surface area contributed by atoms with Crippen LogP contribution in [0.3, 0.4) is 0 Å². The normalized spacial score (nSPS) is 14.5. The predicted molar refractivity (Wildman–Crippen MR) is 106 cm³/mol. The van der Waals surface area contributed by atoms with E-state index in [1.54, 1.807) is 6.07 Å². The highest BCUT2D eigenvalue weighted by atomic mass is 19.4. The van der Waals surface area contributed by atoms with Crippen LogP contribution < -0.4 is 0 Å². The zero-order valence-electron chi connectivity index (χ0n) is 18.4. The third-order valence-corrected chi connectivity index (χ3v) is 5.49. The largest absolute Gasteiger partial charge is 0.461 e. The lowest BCUT2D eigenvalue weighted by Gasteiger charge is -2.35. The summed E-state index contributed by atoms with van der Waals surface area (Å²) in [6.07, 6.45) is -13.1. The second-order valence-electron chi connectivity index (χ2n) is 8.07. The molecule has 38 heavy (non-hydrogen) atoms. The first kappa shape index (κ1) is 29.1. The number of halogens is 12. The number of nitrogens with zero attached hydrogens (tertiary/aromatic N) is 1. The molecule has 16 heteroatoms. The molecule has 0 unspecified atom stereocenters. The van der Waals surface area contributed by atoms with Crippen molar-refractivity contribution in [3.8, 4) is 0 Å².